The average Bonchev–Trinajstić information content (AvgIpc) is 2.14. The number of aryl methyl sites for hydroxylation is 1. The van der Waals surface area contributed by atoms with Crippen molar-refractivity contribution >= 4 is 11.6 Å². The maximum Gasteiger partial charge on any atom is 0.208 e. The molecular weight excluding hydrogens is 190 g/mol. The molecule has 0 radical (unpaired) electrons. The van der Waals surface area contributed by atoms with E-state index < -0.39 is 11.6 Å². The number of nitrogens with one attached hydrogen (secondary N) is 1. The Kier molecular flexibility index (Phi) is 2.98. The fraction of sp³-hybridized carbons (Fsp3) is 0.125. The molecule has 0 aliphatic carbocycles. The molecule has 1 rings (SSSR count). The number of rotatable bonds is 1. The van der Waals surface area contributed by atoms with Crippen LogP contribution in [0, 0.1) is 18.6 Å². The Morgan fingerprint density at radius 1 is 1.36 bits per heavy atom. The van der Waals surface area contributed by atoms with Crippen LogP contribution in [0.15, 0.2) is 17.1 Å². The molecule has 1 aromatic rings. The summed E-state index contributed by atoms with van der Waals surface area (Å²) in [5, 5.41) is 0. The normalized spacial score (nSPS) is 11.6. The average molecular weight is 200 g/mol. The summed E-state index contributed by atoms with van der Waals surface area (Å²) < 4.78 is 26.1. The minimum absolute atomic E-state index is 0.188. The largest absolute Gasteiger partial charge is 0.369 e. The van der Waals surface area contributed by atoms with E-state index in [1.165, 1.54) is 6.92 Å². The SMILES string of the molecule is Cc1cc(F)c(N=C(N)NN)cc1F. The smallest absolute Gasteiger partial charge is 0.208 e. The van der Waals surface area contributed by atoms with E-state index >= 15 is 0 Å². The first-order valence-electron chi connectivity index (χ1n) is 3.81. The molecule has 0 amide bonds. The third-order valence-corrected chi connectivity index (χ3v) is 1.62. The van der Waals surface area contributed by atoms with Crippen molar-refractivity contribution in [3.63, 3.8) is 0 Å². The van der Waals surface area contributed by atoms with Gasteiger partial charge in [-0.2, -0.15) is 0 Å². The molecule has 1 aromatic carbocycles. The molecular formula is C8H10F2N4. The lowest BCUT2D eigenvalue weighted by Gasteiger charge is -2.02. The third-order valence-electron chi connectivity index (χ3n) is 1.62. The third kappa shape index (κ3) is 2.17. The Labute approximate surface area is 79.6 Å². The first-order valence-corrected chi connectivity index (χ1v) is 3.81. The van der Waals surface area contributed by atoms with Gasteiger partial charge in [0.05, 0.1) is 0 Å². The van der Waals surface area contributed by atoms with Gasteiger partial charge in [-0.25, -0.2) is 19.6 Å². The van der Waals surface area contributed by atoms with Gasteiger partial charge in [-0.15, -0.1) is 0 Å². The van der Waals surface area contributed by atoms with Crippen LogP contribution >= 0.6 is 0 Å². The van der Waals surface area contributed by atoms with Crippen molar-refractivity contribution in [3.05, 3.63) is 29.3 Å². The number of aliphatic imine (C=N–C) groups is 1. The molecule has 0 unspecified atom stereocenters. The second-order valence-corrected chi connectivity index (χ2v) is 2.69. The van der Waals surface area contributed by atoms with Crippen molar-refractivity contribution in [2.45, 2.75) is 6.92 Å². The lowest BCUT2D eigenvalue weighted by Crippen LogP contribution is -2.36. The molecule has 0 heterocycles. The summed E-state index contributed by atoms with van der Waals surface area (Å²) in [5.74, 6) is 3.53. The molecule has 0 aliphatic heterocycles. The molecule has 0 saturated heterocycles. The standard InChI is InChI=1S/C8H10F2N4/c1-4-2-6(10)7(3-5(4)9)13-8(11)14-12/h2-3H,12H2,1H3,(H3,11,13,14). The zero-order valence-electron chi connectivity index (χ0n) is 7.51. The van der Waals surface area contributed by atoms with E-state index in [4.69, 9.17) is 11.6 Å². The van der Waals surface area contributed by atoms with Gasteiger partial charge in [-0.3, -0.25) is 5.43 Å². The molecule has 0 saturated carbocycles. The molecule has 5 N–H and O–H groups in total. The van der Waals surface area contributed by atoms with Crippen LogP contribution < -0.4 is 17.0 Å². The lowest BCUT2D eigenvalue weighted by atomic mass is 10.2. The van der Waals surface area contributed by atoms with Gasteiger partial charge in [-0.05, 0) is 18.6 Å². The minimum Gasteiger partial charge on any atom is -0.369 e. The molecule has 0 atom stereocenters. The number of nitrogens with zero attached hydrogens (tertiary/aromatic N) is 1. The predicted molar refractivity (Wildman–Crippen MR) is 49.7 cm³/mol. The van der Waals surface area contributed by atoms with E-state index in [0.29, 0.717) is 0 Å². The predicted octanol–water partition coefficient (Wildman–Crippen LogP) is 0.683. The van der Waals surface area contributed by atoms with Gasteiger partial charge in [0, 0.05) is 6.07 Å². The molecule has 0 fully saturated rings. The van der Waals surface area contributed by atoms with Crippen LogP contribution in [0.25, 0.3) is 0 Å². The van der Waals surface area contributed by atoms with Crippen molar-refractivity contribution in [3.8, 4) is 0 Å². The maximum absolute atomic E-state index is 13.1. The highest BCUT2D eigenvalue weighted by atomic mass is 19.1. The van der Waals surface area contributed by atoms with Crippen LogP contribution in [-0.4, -0.2) is 5.96 Å². The van der Waals surface area contributed by atoms with Crippen LogP contribution in [0.2, 0.25) is 0 Å². The monoisotopic (exact) mass is 200 g/mol. The van der Waals surface area contributed by atoms with Crippen LogP contribution in [0.4, 0.5) is 14.5 Å². The van der Waals surface area contributed by atoms with Crippen molar-refractivity contribution in [2.24, 2.45) is 16.6 Å². The molecule has 4 nitrogen and oxygen atoms in total. The number of guanidine groups is 1. The summed E-state index contributed by atoms with van der Waals surface area (Å²) in [6.07, 6.45) is 0. The Hall–Kier alpha value is -1.69. The Morgan fingerprint density at radius 2 is 2.00 bits per heavy atom. The quantitative estimate of drug-likeness (QED) is 0.270. The van der Waals surface area contributed by atoms with E-state index in [0.717, 1.165) is 12.1 Å². The summed E-state index contributed by atoms with van der Waals surface area (Å²) in [5.41, 5.74) is 7.22. The number of benzene rings is 1. The summed E-state index contributed by atoms with van der Waals surface area (Å²) >= 11 is 0. The summed E-state index contributed by atoms with van der Waals surface area (Å²) in [7, 11) is 0. The fourth-order valence-corrected chi connectivity index (χ4v) is 0.884. The van der Waals surface area contributed by atoms with Crippen LogP contribution in [-0.2, 0) is 0 Å². The topological polar surface area (TPSA) is 76.4 Å². The minimum atomic E-state index is -0.651. The van der Waals surface area contributed by atoms with Crippen molar-refractivity contribution in [2.75, 3.05) is 0 Å². The summed E-state index contributed by atoms with van der Waals surface area (Å²) in [6.45, 7) is 1.45. The Balaban J connectivity index is 3.16. The molecule has 14 heavy (non-hydrogen) atoms. The Morgan fingerprint density at radius 3 is 2.57 bits per heavy atom. The maximum atomic E-state index is 13.1. The highest BCUT2D eigenvalue weighted by Gasteiger charge is 2.06. The van der Waals surface area contributed by atoms with E-state index in [-0.39, 0.29) is 17.2 Å². The zero-order valence-corrected chi connectivity index (χ0v) is 7.51. The van der Waals surface area contributed by atoms with Gasteiger partial charge < -0.3 is 5.73 Å². The van der Waals surface area contributed by atoms with Gasteiger partial charge >= 0.3 is 0 Å². The van der Waals surface area contributed by atoms with Crippen molar-refractivity contribution in [1.82, 2.24) is 5.43 Å². The van der Waals surface area contributed by atoms with Crippen LogP contribution in [0.5, 0.6) is 0 Å². The number of hydrogen-bond donors (Lipinski definition) is 3. The highest BCUT2D eigenvalue weighted by molar-refractivity contribution is 5.80. The molecule has 0 spiro atoms. The van der Waals surface area contributed by atoms with Gasteiger partial charge in [0.1, 0.15) is 17.3 Å². The van der Waals surface area contributed by atoms with Gasteiger partial charge in [0.25, 0.3) is 0 Å². The summed E-state index contributed by atoms with van der Waals surface area (Å²) in [6, 6.07) is 1.99. The molecule has 0 aliphatic rings. The molecule has 76 valence electrons. The Bertz CT molecular complexity index is 376. The molecule has 6 heteroatoms. The van der Waals surface area contributed by atoms with Gasteiger partial charge in [0.2, 0.25) is 5.96 Å². The first-order chi connectivity index (χ1) is 6.54. The van der Waals surface area contributed by atoms with E-state index in [1.54, 1.807) is 0 Å². The second-order valence-electron chi connectivity index (χ2n) is 2.69. The van der Waals surface area contributed by atoms with Crippen LogP contribution in [0.1, 0.15) is 5.56 Å². The van der Waals surface area contributed by atoms with E-state index in [2.05, 4.69) is 4.99 Å². The first kappa shape index (κ1) is 10.4. The number of hydrazine groups is 1. The number of halogens is 2. The molecule has 0 aromatic heterocycles. The van der Waals surface area contributed by atoms with Crippen molar-refractivity contribution in [1.29, 1.82) is 0 Å². The molecule has 0 bridgehead atoms. The van der Waals surface area contributed by atoms with Gasteiger partial charge in [-0.1, -0.05) is 0 Å². The highest BCUT2D eigenvalue weighted by Crippen LogP contribution is 2.21. The van der Waals surface area contributed by atoms with Gasteiger partial charge in [0.15, 0.2) is 0 Å². The van der Waals surface area contributed by atoms with Crippen molar-refractivity contribution < 1.29 is 8.78 Å². The lowest BCUT2D eigenvalue weighted by molar-refractivity contribution is 0.594. The second kappa shape index (κ2) is 4.01. The van der Waals surface area contributed by atoms with E-state index in [9.17, 15) is 8.78 Å². The number of nitrogens with two attached hydrogens (primary N) is 2. The summed E-state index contributed by atoms with van der Waals surface area (Å²) in [4.78, 5) is 3.52. The number of hydrogen-bond acceptors (Lipinski definition) is 2. The van der Waals surface area contributed by atoms with Crippen LogP contribution in [0.3, 0.4) is 0 Å². The zero-order chi connectivity index (χ0) is 10.7. The fourth-order valence-electron chi connectivity index (χ4n) is 0.884. The van der Waals surface area contributed by atoms with E-state index in [1.807, 2.05) is 5.43 Å².